The Balaban J connectivity index is -0.000000220. The Morgan fingerprint density at radius 2 is 0.225 bits per heavy atom. The molecule has 0 N–H and O–H groups in total. The molecule has 0 saturated carbocycles. The van der Waals surface area contributed by atoms with Crippen molar-refractivity contribution in [2.45, 2.75) is 454 Å². The fourth-order valence-electron chi connectivity index (χ4n) is 12.3. The zero-order valence-corrected chi connectivity index (χ0v) is 84.4. The van der Waals surface area contributed by atoms with E-state index in [0.717, 1.165) is 65.4 Å². The molecule has 0 aliphatic rings. The minimum Gasteiger partial charge on any atom is -0.411 e. The topological polar surface area (TPSA) is 16.2 Å². The van der Waals surface area contributed by atoms with Gasteiger partial charge in [0.05, 0.1) is 0 Å². The van der Waals surface area contributed by atoms with Gasteiger partial charge in [0, 0.05) is 65.4 Å². The number of hydrogen-bond donors (Lipinski definition) is 0. The van der Waals surface area contributed by atoms with Gasteiger partial charge in [0.1, 0.15) is 0 Å². The fraction of sp³-hybridized carbons (Fsp3) is 0.941. The third-order valence-corrected chi connectivity index (χ3v) is 21.7. The summed E-state index contributed by atoms with van der Waals surface area (Å²) in [5.74, 6) is 0. The predicted molar refractivity (Wildman–Crippen MR) is 491 cm³/mol. The van der Waals surface area contributed by atoms with Crippen molar-refractivity contribution >= 4 is 146 Å². The van der Waals surface area contributed by atoms with E-state index in [1.165, 1.54) is 385 Å². The molecule has 0 fully saturated rings. The predicted octanol–water partition coefficient (Wildman–Crippen LogP) is 29.2. The smallest absolute Gasteiger partial charge is 0.411 e. The van der Waals surface area contributed by atoms with Gasteiger partial charge in [-0.2, -0.15) is 0 Å². The van der Waals surface area contributed by atoms with Crippen LogP contribution in [0.1, 0.15) is 454 Å². The molecule has 0 aromatic heterocycles. The maximum atomic E-state index is 5.20. The quantitative estimate of drug-likeness (QED) is 0.0249. The summed E-state index contributed by atoms with van der Waals surface area (Å²) in [6.07, 6.45) is 80.1. The van der Waals surface area contributed by atoms with Crippen molar-refractivity contribution in [2.75, 3.05) is 65.4 Å². The monoisotopic (exact) mass is 1780 g/mol. The van der Waals surface area contributed by atoms with Gasteiger partial charge in [-0.05, 0) is 64.2 Å². The zero-order valence-electron chi connectivity index (χ0n) is 69.6. The van der Waals surface area contributed by atoms with Crippen molar-refractivity contribution in [1.82, 2.24) is 24.5 Å². The Morgan fingerprint density at radius 3 is 0.294 bits per heavy atom. The largest absolute Gasteiger partial charge is 3.00 e. The molecule has 102 heavy (non-hydrogen) atoms. The van der Waals surface area contributed by atoms with Crippen LogP contribution in [-0.4, -0.2) is 112 Å². The molecule has 0 saturated heterocycles. The second-order valence-corrected chi connectivity index (χ2v) is 34.1. The van der Waals surface area contributed by atoms with Crippen LogP contribution in [0.2, 0.25) is 0 Å². The average Bonchev–Trinajstić information content (AvgIpc) is 1.12. The van der Waals surface area contributed by atoms with Gasteiger partial charge in [-0.3, -0.25) is 0 Å². The average molecular weight is 1790 g/mol. The molecule has 0 aliphatic heterocycles. The standard InChI is InChI=1S/5C17H35NS2.La.Zn/c5*1-3-5-7-9-11-13-15-18(17(19)20)16-14-12-10-8-6-4-2;;/h5*3-16H2,1-2H3,(H,19,20);;/q;;;;;+3;+2/p-5. The first-order valence-electron chi connectivity index (χ1n) is 43.4. The van der Waals surface area contributed by atoms with Crippen molar-refractivity contribution in [3.63, 3.8) is 0 Å². The van der Waals surface area contributed by atoms with Crippen LogP contribution in [0.4, 0.5) is 0 Å². The molecule has 0 amide bonds. The molecule has 0 aliphatic carbocycles. The molecule has 0 spiro atoms. The van der Waals surface area contributed by atoms with Gasteiger partial charge >= 0.3 is 55.1 Å². The summed E-state index contributed by atoms with van der Waals surface area (Å²) in [6.45, 7) is 33.3. The molecule has 0 aromatic carbocycles. The van der Waals surface area contributed by atoms with Gasteiger partial charge < -0.3 is 149 Å². The first kappa shape index (κ1) is 118. The molecule has 5 nitrogen and oxygen atoms in total. The Hall–Kier alpha value is 2.37. The number of unbranched alkanes of at least 4 members (excludes halogenated alkanes) is 50. The van der Waals surface area contributed by atoms with Crippen molar-refractivity contribution in [2.24, 2.45) is 0 Å². The summed E-state index contributed by atoms with van der Waals surface area (Å²) in [5, 5.41) is 0. The molecule has 0 rings (SSSR count). The van der Waals surface area contributed by atoms with Gasteiger partial charge in [-0.1, -0.05) is 412 Å². The van der Waals surface area contributed by atoms with E-state index < -0.39 is 0 Å². The summed E-state index contributed by atoms with van der Waals surface area (Å²) in [7, 11) is 0. The Bertz CT molecular complexity index is 1300. The van der Waals surface area contributed by atoms with Crippen LogP contribution < -0.4 is 0 Å². The molecule has 0 unspecified atom stereocenters. The molecule has 0 radical (unpaired) electrons. The van der Waals surface area contributed by atoms with Gasteiger partial charge in [0.25, 0.3) is 0 Å². The maximum Gasteiger partial charge on any atom is 3.00 e. The second-order valence-electron chi connectivity index (χ2n) is 28.9. The van der Waals surface area contributed by atoms with Gasteiger partial charge in [0.2, 0.25) is 0 Å². The van der Waals surface area contributed by atoms with Crippen molar-refractivity contribution in [3.8, 4) is 0 Å². The molecular weight excluding hydrogens is 1620 g/mol. The Morgan fingerprint density at radius 1 is 0.157 bits per heavy atom. The van der Waals surface area contributed by atoms with E-state index in [2.05, 4.69) is 93.7 Å². The number of rotatable bonds is 70. The van der Waals surface area contributed by atoms with Gasteiger partial charge in [0.15, 0.2) is 0 Å². The molecule has 0 heterocycles. The van der Waals surface area contributed by atoms with Crippen LogP contribution in [0.3, 0.4) is 0 Å². The summed E-state index contributed by atoms with van der Waals surface area (Å²) in [4.78, 5) is 11.2. The Labute approximate surface area is 737 Å². The molecular formula is C85H170LaN5S10Zn. The molecule has 17 heteroatoms. The maximum absolute atomic E-state index is 5.20. The van der Waals surface area contributed by atoms with Crippen LogP contribution >= 0.6 is 61.1 Å². The van der Waals surface area contributed by atoms with Crippen molar-refractivity contribution < 1.29 is 55.1 Å². The second kappa shape index (κ2) is 103. The summed E-state index contributed by atoms with van der Waals surface area (Å²) in [5.41, 5.74) is 0. The number of hydrogen-bond acceptors (Lipinski definition) is 10. The normalized spacial score (nSPS) is 10.5. The zero-order chi connectivity index (χ0) is 75.3. The first-order valence-corrected chi connectivity index (χ1v) is 47.5. The third-order valence-electron chi connectivity index (χ3n) is 19.1. The summed E-state index contributed by atoms with van der Waals surface area (Å²) in [6, 6.07) is 0. The van der Waals surface area contributed by atoms with Crippen LogP contribution in [0.15, 0.2) is 0 Å². The summed E-state index contributed by atoms with van der Waals surface area (Å²) >= 11 is 52.0. The fourth-order valence-corrected chi connectivity index (χ4v) is 14.1. The van der Waals surface area contributed by atoms with E-state index in [0.29, 0.717) is 21.6 Å². The van der Waals surface area contributed by atoms with Crippen molar-refractivity contribution in [3.05, 3.63) is 0 Å². The van der Waals surface area contributed by atoms with E-state index in [1.54, 1.807) is 0 Å². The van der Waals surface area contributed by atoms with Crippen LogP contribution in [-0.2, 0) is 82.6 Å². The third kappa shape index (κ3) is 100. The number of thiocarbonyl (C=S) groups is 5. The van der Waals surface area contributed by atoms with E-state index >= 15 is 0 Å². The van der Waals surface area contributed by atoms with E-state index in [9.17, 15) is 0 Å². The molecule has 0 bridgehead atoms. The van der Waals surface area contributed by atoms with Crippen molar-refractivity contribution in [1.29, 1.82) is 0 Å². The van der Waals surface area contributed by atoms with E-state index in [4.69, 9.17) is 124 Å². The summed E-state index contributed by atoms with van der Waals surface area (Å²) < 4.78 is 3.37. The van der Waals surface area contributed by atoms with Gasteiger partial charge in [-0.25, -0.2) is 0 Å². The first-order chi connectivity index (χ1) is 48.6. The van der Waals surface area contributed by atoms with Crippen LogP contribution in [0, 0.1) is 35.6 Å². The minimum atomic E-state index is 0. The molecule has 0 atom stereocenters. The molecule has 0 aromatic rings. The number of nitrogens with zero attached hydrogens (tertiary/aromatic N) is 5. The van der Waals surface area contributed by atoms with Gasteiger partial charge in [-0.15, -0.1) is 0 Å². The SMILES string of the molecule is CCCCCCCCN(CCCCCCCC)C(=S)[S-].CCCCCCCCN(CCCCCCCC)C(=S)[S-].CCCCCCCCN(CCCCCCCC)C(=S)[S-].CCCCCCCCN(CCCCCCCC)C(=S)[S-].CCCCCCCCN(CCCCCCCC)C(=S)[S-].[La+3].[Zn+2]. The van der Waals surface area contributed by atoms with E-state index in [1.807, 2.05) is 0 Å². The van der Waals surface area contributed by atoms with Crippen LogP contribution in [0.25, 0.3) is 0 Å². The minimum absolute atomic E-state index is 0. The molecule has 600 valence electrons. The van der Waals surface area contributed by atoms with Crippen LogP contribution in [0.5, 0.6) is 0 Å². The Kier molecular flexibility index (Phi) is 119. The van der Waals surface area contributed by atoms with E-state index in [-0.39, 0.29) is 55.1 Å².